The Morgan fingerprint density at radius 1 is 1.67 bits per heavy atom. The van der Waals surface area contributed by atoms with Crippen LogP contribution in [0.3, 0.4) is 0 Å². The molecule has 0 aromatic heterocycles. The molecule has 1 fully saturated rings. The van der Waals surface area contributed by atoms with Gasteiger partial charge in [-0.3, -0.25) is 14.9 Å². The van der Waals surface area contributed by atoms with Gasteiger partial charge in [0.15, 0.2) is 0 Å². The number of nitrogens with zero attached hydrogens (tertiary/aromatic N) is 1. The number of halogens is 1. The molecule has 4 nitrogen and oxygen atoms in total. The van der Waals surface area contributed by atoms with E-state index in [4.69, 9.17) is 0 Å². The molecule has 0 aliphatic heterocycles. The van der Waals surface area contributed by atoms with Crippen LogP contribution in [-0.2, 0) is 4.79 Å². The first kappa shape index (κ1) is 10.2. The van der Waals surface area contributed by atoms with Gasteiger partial charge in [-0.1, -0.05) is 15.9 Å². The summed E-state index contributed by atoms with van der Waals surface area (Å²) < 4.78 is 0.0151. The van der Waals surface area contributed by atoms with Gasteiger partial charge in [0.1, 0.15) is 5.78 Å². The number of carbonyl (C=O) groups excluding carboxylic acids is 1. The summed E-state index contributed by atoms with van der Waals surface area (Å²) in [6.07, 6.45) is 0.744. The molecule has 66 valence electrons. The Bertz CT molecular complexity index is 223. The highest BCUT2D eigenvalue weighted by Crippen LogP contribution is 2.30. The normalized spacial score (nSPS) is 36.4. The minimum absolute atomic E-state index is 0.0151. The maximum atomic E-state index is 11.1. The minimum atomic E-state index is -0.501. The standard InChI is InChI=1S/C6H7BrNO3.Al.2H/c7-5-3-4(8(10)11)1-2-6(5)9;;;/h1,4-5H,2-3H2;;;. The van der Waals surface area contributed by atoms with E-state index in [-0.39, 0.29) is 20.3 Å². The van der Waals surface area contributed by atoms with Crippen molar-refractivity contribution in [1.29, 1.82) is 0 Å². The van der Waals surface area contributed by atoms with E-state index in [9.17, 15) is 14.9 Å². The number of carbonyl (C=O) groups is 1. The van der Waals surface area contributed by atoms with E-state index in [1.165, 1.54) is 0 Å². The van der Waals surface area contributed by atoms with Crippen LogP contribution in [0.4, 0.5) is 0 Å². The number of alkyl halides is 1. The van der Waals surface area contributed by atoms with Crippen LogP contribution in [0.15, 0.2) is 0 Å². The number of nitro groups is 1. The average Bonchev–Trinajstić information content (AvgIpc) is 1.96. The number of rotatable bonds is 1. The predicted molar refractivity (Wildman–Crippen MR) is 50.0 cm³/mol. The summed E-state index contributed by atoms with van der Waals surface area (Å²) in [5, 5.41) is 10.5. The van der Waals surface area contributed by atoms with Gasteiger partial charge in [0.25, 0.3) is 0 Å². The van der Waals surface area contributed by atoms with Crippen molar-refractivity contribution < 1.29 is 9.72 Å². The molecule has 0 bridgehead atoms. The SMILES string of the molecule is O=C1C[CH]([AlH2])C([N+](=O)[O-])CC1Br. The Kier molecular flexibility index (Phi) is 3.27. The number of ketones is 1. The molecule has 0 N–H and O–H groups in total. The zero-order chi connectivity index (χ0) is 9.30. The molecule has 0 radical (unpaired) electrons. The topological polar surface area (TPSA) is 60.2 Å². The Morgan fingerprint density at radius 2 is 2.25 bits per heavy atom. The Labute approximate surface area is 86.4 Å². The van der Waals surface area contributed by atoms with Crippen molar-refractivity contribution in [3.63, 3.8) is 0 Å². The molecular formula is C6H9AlBrNO3. The largest absolute Gasteiger partial charge is 0.298 e. The summed E-state index contributed by atoms with van der Waals surface area (Å²) >= 11 is 3.88. The van der Waals surface area contributed by atoms with Crippen LogP contribution in [0, 0.1) is 10.1 Å². The highest BCUT2D eigenvalue weighted by Gasteiger charge is 2.38. The van der Waals surface area contributed by atoms with Crippen molar-refractivity contribution in [2.75, 3.05) is 0 Å². The molecule has 0 aromatic rings. The highest BCUT2D eigenvalue weighted by molar-refractivity contribution is 9.10. The molecule has 1 aliphatic rings. The third kappa shape index (κ3) is 2.06. The molecule has 1 saturated carbocycles. The predicted octanol–water partition coefficient (Wildman–Crippen LogP) is 0.180. The third-order valence-electron chi connectivity index (χ3n) is 2.25. The fraction of sp³-hybridized carbons (Fsp3) is 0.833. The van der Waals surface area contributed by atoms with Crippen molar-refractivity contribution in [2.24, 2.45) is 0 Å². The number of Topliss-reactive ketones (excluding diaryl/α,β-unsaturated/α-hetero) is 1. The second-order valence-corrected chi connectivity index (χ2v) is 5.79. The minimum Gasteiger partial charge on any atom is -0.298 e. The molecular weight excluding hydrogens is 241 g/mol. The lowest BCUT2D eigenvalue weighted by Crippen LogP contribution is -2.37. The molecule has 0 spiro atoms. The van der Waals surface area contributed by atoms with E-state index in [0.717, 1.165) is 16.3 Å². The highest BCUT2D eigenvalue weighted by atomic mass is 79.9. The smallest absolute Gasteiger partial charge is 0.228 e. The molecule has 0 amide bonds. The van der Waals surface area contributed by atoms with Gasteiger partial charge in [-0.05, 0) is 4.78 Å². The van der Waals surface area contributed by atoms with Gasteiger partial charge < -0.3 is 0 Å². The lowest BCUT2D eigenvalue weighted by molar-refractivity contribution is -0.524. The Hall–Kier alpha value is 0.0825. The Balaban J connectivity index is 2.67. The maximum Gasteiger partial charge on any atom is 0.228 e. The third-order valence-corrected chi connectivity index (χ3v) is 4.31. The Morgan fingerprint density at radius 3 is 2.75 bits per heavy atom. The van der Waals surface area contributed by atoms with Crippen LogP contribution in [0.2, 0.25) is 4.78 Å². The summed E-state index contributed by atoms with van der Waals surface area (Å²) in [6, 6.07) is -0.501. The van der Waals surface area contributed by atoms with Gasteiger partial charge in [-0.25, -0.2) is 0 Å². The van der Waals surface area contributed by atoms with Gasteiger partial charge in [-0.15, -0.1) is 0 Å². The first-order valence-electron chi connectivity index (χ1n) is 3.82. The quantitative estimate of drug-likeness (QED) is 0.288. The monoisotopic (exact) mass is 249 g/mol. The zero-order valence-electron chi connectivity index (χ0n) is 6.70. The first-order chi connectivity index (χ1) is 5.52. The van der Waals surface area contributed by atoms with Crippen molar-refractivity contribution in [2.45, 2.75) is 28.5 Å². The van der Waals surface area contributed by atoms with Crippen molar-refractivity contribution >= 4 is 38.0 Å². The van der Waals surface area contributed by atoms with E-state index in [2.05, 4.69) is 15.9 Å². The van der Waals surface area contributed by atoms with Crippen molar-refractivity contribution in [3.8, 4) is 0 Å². The maximum absolute atomic E-state index is 11.1. The lowest BCUT2D eigenvalue weighted by atomic mass is 9.94. The summed E-state index contributed by atoms with van der Waals surface area (Å²) in [4.78, 5) is 21.1. The molecule has 3 unspecified atom stereocenters. The zero-order valence-corrected chi connectivity index (χ0v) is 10.3. The fourth-order valence-corrected chi connectivity index (χ4v) is 2.94. The molecule has 1 aliphatic carbocycles. The first-order valence-corrected chi connectivity index (χ1v) is 5.89. The van der Waals surface area contributed by atoms with Gasteiger partial charge in [-0.2, -0.15) is 0 Å². The fourth-order valence-electron chi connectivity index (χ4n) is 1.45. The van der Waals surface area contributed by atoms with Crippen LogP contribution < -0.4 is 0 Å². The molecule has 0 saturated heterocycles. The number of hydrogen-bond donors (Lipinski definition) is 0. The molecule has 3 atom stereocenters. The lowest BCUT2D eigenvalue weighted by Gasteiger charge is -2.24. The van der Waals surface area contributed by atoms with E-state index >= 15 is 0 Å². The van der Waals surface area contributed by atoms with Gasteiger partial charge >= 0.3 is 0 Å². The van der Waals surface area contributed by atoms with Crippen LogP contribution in [-0.4, -0.2) is 37.9 Å². The van der Waals surface area contributed by atoms with Crippen molar-refractivity contribution in [3.05, 3.63) is 10.1 Å². The van der Waals surface area contributed by atoms with E-state index < -0.39 is 6.04 Å². The second kappa shape index (κ2) is 3.86. The summed E-state index contributed by atoms with van der Waals surface area (Å²) in [7, 11) is 0. The van der Waals surface area contributed by atoms with Crippen LogP contribution in [0.5, 0.6) is 0 Å². The summed E-state index contributed by atoms with van der Waals surface area (Å²) in [5.74, 6) is 0.119. The van der Waals surface area contributed by atoms with Gasteiger partial charge in [0.2, 0.25) is 22.3 Å². The molecule has 6 heteroatoms. The second-order valence-electron chi connectivity index (χ2n) is 3.20. The number of hydrogen-bond acceptors (Lipinski definition) is 3. The van der Waals surface area contributed by atoms with Crippen molar-refractivity contribution in [1.82, 2.24) is 0 Å². The molecule has 0 aromatic carbocycles. The summed E-state index contributed by atoms with van der Waals surface area (Å²) in [5.41, 5.74) is 0. The molecule has 12 heavy (non-hydrogen) atoms. The molecule has 0 heterocycles. The van der Waals surface area contributed by atoms with E-state index in [0.29, 0.717) is 12.8 Å². The van der Waals surface area contributed by atoms with E-state index in [1.54, 1.807) is 0 Å². The van der Waals surface area contributed by atoms with Gasteiger partial charge in [0.05, 0.1) is 4.83 Å². The van der Waals surface area contributed by atoms with Gasteiger partial charge in [0, 0.05) is 17.8 Å². The van der Waals surface area contributed by atoms with E-state index in [1.807, 2.05) is 0 Å². The van der Waals surface area contributed by atoms with Crippen LogP contribution >= 0.6 is 15.9 Å². The summed E-state index contributed by atoms with van der Waals surface area (Å²) in [6.45, 7) is 0. The van der Waals surface area contributed by atoms with Crippen LogP contribution in [0.25, 0.3) is 0 Å². The average molecular weight is 250 g/mol. The molecule has 1 rings (SSSR count). The van der Waals surface area contributed by atoms with Crippen LogP contribution in [0.1, 0.15) is 12.8 Å².